The fraction of sp³-hybridized carbons (Fsp3) is 0.176. The van der Waals surface area contributed by atoms with Gasteiger partial charge in [-0.1, -0.05) is 29.8 Å². The van der Waals surface area contributed by atoms with Gasteiger partial charge in [0, 0.05) is 24.2 Å². The third kappa shape index (κ3) is 4.60. The van der Waals surface area contributed by atoms with E-state index >= 15 is 0 Å². The van der Waals surface area contributed by atoms with Gasteiger partial charge in [-0.3, -0.25) is 9.59 Å². The molecule has 0 unspecified atom stereocenters. The summed E-state index contributed by atoms with van der Waals surface area (Å²) >= 11 is 5.98. The van der Waals surface area contributed by atoms with Gasteiger partial charge in [0.25, 0.3) is 0 Å². The highest BCUT2D eigenvalue weighted by atomic mass is 35.5. The molecule has 0 fully saturated rings. The fourth-order valence-corrected chi connectivity index (χ4v) is 2.27. The number of hydrogen-bond acceptors (Lipinski definition) is 4. The molecule has 6 nitrogen and oxygen atoms in total. The van der Waals surface area contributed by atoms with Crippen molar-refractivity contribution in [2.75, 3.05) is 19.5 Å². The summed E-state index contributed by atoms with van der Waals surface area (Å²) in [5.41, 5.74) is 0.490. The van der Waals surface area contributed by atoms with Gasteiger partial charge in [0.05, 0.1) is 24.9 Å². The maximum Gasteiger partial charge on any atom is 0.313 e. The quantitative estimate of drug-likeness (QED) is 0.798. The van der Waals surface area contributed by atoms with E-state index in [-0.39, 0.29) is 23.5 Å². The van der Waals surface area contributed by atoms with E-state index < -0.39 is 17.6 Å². The van der Waals surface area contributed by atoms with E-state index in [0.717, 1.165) is 0 Å². The number of hydrogen-bond donors (Lipinski definition) is 2. The lowest BCUT2D eigenvalue weighted by Gasteiger charge is -2.13. The van der Waals surface area contributed by atoms with E-state index in [1.165, 1.54) is 44.6 Å². The minimum Gasteiger partial charge on any atom is -0.495 e. The van der Waals surface area contributed by atoms with Crippen molar-refractivity contribution in [1.29, 1.82) is 0 Å². The normalized spacial score (nSPS) is 10.1. The second-order valence-electron chi connectivity index (χ2n) is 4.92. The van der Waals surface area contributed by atoms with Crippen LogP contribution in [0.5, 0.6) is 11.5 Å². The first kappa shape index (κ1) is 18.5. The number of rotatable bonds is 5. The highest BCUT2D eigenvalue weighted by Gasteiger charge is 2.18. The van der Waals surface area contributed by atoms with Crippen molar-refractivity contribution in [2.24, 2.45) is 0 Å². The maximum absolute atomic E-state index is 13.5. The molecule has 0 heterocycles. The van der Waals surface area contributed by atoms with Gasteiger partial charge in [-0.25, -0.2) is 4.39 Å². The lowest BCUT2D eigenvalue weighted by Crippen LogP contribution is -2.35. The van der Waals surface area contributed by atoms with E-state index in [1.807, 2.05) is 0 Å². The summed E-state index contributed by atoms with van der Waals surface area (Å²) < 4.78 is 23.7. The molecule has 0 aliphatic carbocycles. The number of benzene rings is 2. The molecule has 2 aromatic carbocycles. The van der Waals surface area contributed by atoms with Crippen molar-refractivity contribution in [3.8, 4) is 11.5 Å². The Bertz CT molecular complexity index is 798. The molecule has 0 aromatic heterocycles. The first-order valence-electron chi connectivity index (χ1n) is 7.20. The number of methoxy groups -OCH3 is 2. The molecular formula is C17H16ClFN2O4. The number of carbonyl (C=O) groups excluding carboxylic acids is 2. The zero-order valence-electron chi connectivity index (χ0n) is 13.6. The first-order valence-corrected chi connectivity index (χ1v) is 7.58. The summed E-state index contributed by atoms with van der Waals surface area (Å²) in [5.74, 6) is -1.74. The number of amides is 2. The van der Waals surface area contributed by atoms with Crippen LogP contribution in [0.3, 0.4) is 0 Å². The molecule has 25 heavy (non-hydrogen) atoms. The van der Waals surface area contributed by atoms with Gasteiger partial charge in [0.15, 0.2) is 0 Å². The Hall–Kier alpha value is -2.80. The number of nitrogens with one attached hydrogen (secondary N) is 2. The summed E-state index contributed by atoms with van der Waals surface area (Å²) in [7, 11) is 2.81. The minimum absolute atomic E-state index is 0.111. The summed E-state index contributed by atoms with van der Waals surface area (Å²) in [6.07, 6.45) is 0. The molecule has 0 spiro atoms. The van der Waals surface area contributed by atoms with Gasteiger partial charge in [-0.2, -0.15) is 0 Å². The highest BCUT2D eigenvalue weighted by molar-refractivity contribution is 6.40. The lowest BCUT2D eigenvalue weighted by molar-refractivity contribution is -0.136. The largest absolute Gasteiger partial charge is 0.495 e. The van der Waals surface area contributed by atoms with Gasteiger partial charge in [0.1, 0.15) is 17.3 Å². The summed E-state index contributed by atoms with van der Waals surface area (Å²) in [5, 5.41) is 5.05. The molecular weight excluding hydrogens is 351 g/mol. The highest BCUT2D eigenvalue weighted by Crippen LogP contribution is 2.35. The molecule has 2 amide bonds. The third-order valence-corrected chi connectivity index (χ3v) is 3.62. The third-order valence-electron chi connectivity index (χ3n) is 3.33. The van der Waals surface area contributed by atoms with Crippen LogP contribution in [-0.2, 0) is 16.1 Å². The Labute approximate surface area is 148 Å². The molecule has 8 heteroatoms. The molecule has 132 valence electrons. The van der Waals surface area contributed by atoms with Crippen molar-refractivity contribution in [3.05, 3.63) is 52.8 Å². The lowest BCUT2D eigenvalue weighted by atomic mass is 10.2. The van der Waals surface area contributed by atoms with Crippen LogP contribution in [0.4, 0.5) is 10.1 Å². The molecule has 0 aliphatic rings. The Morgan fingerprint density at radius 2 is 1.76 bits per heavy atom. The van der Waals surface area contributed by atoms with Gasteiger partial charge in [0.2, 0.25) is 0 Å². The predicted molar refractivity (Wildman–Crippen MR) is 91.4 cm³/mol. The van der Waals surface area contributed by atoms with Gasteiger partial charge < -0.3 is 20.1 Å². The van der Waals surface area contributed by atoms with E-state index in [1.54, 1.807) is 6.07 Å². The van der Waals surface area contributed by atoms with Crippen LogP contribution in [0, 0.1) is 5.82 Å². The molecule has 0 aliphatic heterocycles. The van der Waals surface area contributed by atoms with E-state index in [9.17, 15) is 14.0 Å². The van der Waals surface area contributed by atoms with Crippen LogP contribution in [0.2, 0.25) is 5.02 Å². The van der Waals surface area contributed by atoms with Crippen molar-refractivity contribution < 1.29 is 23.5 Å². The van der Waals surface area contributed by atoms with Crippen LogP contribution in [0.25, 0.3) is 0 Å². The Kier molecular flexibility index (Phi) is 6.19. The topological polar surface area (TPSA) is 76.7 Å². The first-order chi connectivity index (χ1) is 12.0. The second-order valence-corrected chi connectivity index (χ2v) is 5.32. The predicted octanol–water partition coefficient (Wildman–Crippen LogP) is 2.75. The van der Waals surface area contributed by atoms with Gasteiger partial charge in [-0.05, 0) is 6.07 Å². The molecule has 2 N–H and O–H groups in total. The smallest absolute Gasteiger partial charge is 0.313 e. The van der Waals surface area contributed by atoms with Crippen molar-refractivity contribution in [2.45, 2.75) is 6.54 Å². The number of halogens is 2. The number of ether oxygens (including phenoxy) is 2. The molecule has 0 bridgehead atoms. The Balaban J connectivity index is 2.06. The number of carbonyl (C=O) groups is 2. The zero-order valence-corrected chi connectivity index (χ0v) is 14.3. The van der Waals surface area contributed by atoms with Crippen LogP contribution in [-0.4, -0.2) is 26.0 Å². The second kappa shape index (κ2) is 8.34. The Morgan fingerprint density at radius 1 is 1.08 bits per heavy atom. The minimum atomic E-state index is -0.931. The SMILES string of the molecule is COc1cc(NC(=O)C(=O)NCc2ccccc2F)c(OC)cc1Cl. The molecule has 0 saturated carbocycles. The summed E-state index contributed by atoms with van der Waals surface area (Å²) in [6, 6.07) is 8.84. The number of anilines is 1. The molecule has 0 atom stereocenters. The van der Waals surface area contributed by atoms with E-state index in [0.29, 0.717) is 10.8 Å². The average Bonchev–Trinajstić information content (AvgIpc) is 2.61. The van der Waals surface area contributed by atoms with E-state index in [4.69, 9.17) is 21.1 Å². The fourth-order valence-electron chi connectivity index (χ4n) is 2.03. The van der Waals surface area contributed by atoms with Crippen molar-refractivity contribution in [1.82, 2.24) is 5.32 Å². The molecule has 0 saturated heterocycles. The standard InChI is InChI=1S/C17H16ClFN2O4/c1-24-14-8-13(15(25-2)7-11(14)18)21-17(23)16(22)20-9-10-5-3-4-6-12(10)19/h3-8H,9H2,1-2H3,(H,20,22)(H,21,23). The molecule has 2 rings (SSSR count). The maximum atomic E-state index is 13.5. The monoisotopic (exact) mass is 366 g/mol. The average molecular weight is 367 g/mol. The Morgan fingerprint density at radius 3 is 2.40 bits per heavy atom. The summed E-state index contributed by atoms with van der Waals surface area (Å²) in [6.45, 7) is -0.111. The van der Waals surface area contributed by atoms with Crippen LogP contribution < -0.4 is 20.1 Å². The molecule has 0 radical (unpaired) electrons. The van der Waals surface area contributed by atoms with Gasteiger partial charge >= 0.3 is 11.8 Å². The summed E-state index contributed by atoms with van der Waals surface area (Å²) in [4.78, 5) is 23.9. The van der Waals surface area contributed by atoms with Gasteiger partial charge in [-0.15, -0.1) is 0 Å². The van der Waals surface area contributed by atoms with E-state index in [2.05, 4.69) is 10.6 Å². The van der Waals surface area contributed by atoms with Crippen LogP contribution in [0.15, 0.2) is 36.4 Å². The zero-order chi connectivity index (χ0) is 18.4. The van der Waals surface area contributed by atoms with Crippen molar-refractivity contribution in [3.63, 3.8) is 0 Å². The van der Waals surface area contributed by atoms with Crippen molar-refractivity contribution >= 4 is 29.1 Å². The van der Waals surface area contributed by atoms with Crippen LogP contribution in [0.1, 0.15) is 5.56 Å². The van der Waals surface area contributed by atoms with Crippen LogP contribution >= 0.6 is 11.6 Å². The molecule has 2 aromatic rings.